The molecule has 1 atom stereocenters. The van der Waals surface area contributed by atoms with Crippen molar-refractivity contribution >= 4 is 11.9 Å². The van der Waals surface area contributed by atoms with E-state index in [4.69, 9.17) is 5.73 Å². The molecule has 0 aliphatic rings. The summed E-state index contributed by atoms with van der Waals surface area (Å²) in [5, 5.41) is 21.0. The van der Waals surface area contributed by atoms with E-state index in [0.29, 0.717) is 17.7 Å². The predicted molar refractivity (Wildman–Crippen MR) is 85.0 cm³/mol. The summed E-state index contributed by atoms with van der Waals surface area (Å²) in [5.41, 5.74) is 7.46. The number of aliphatic carboxylic acids is 1. The molecule has 0 spiro atoms. The van der Waals surface area contributed by atoms with Crippen molar-refractivity contribution in [2.45, 2.75) is 19.0 Å². The van der Waals surface area contributed by atoms with E-state index < -0.39 is 17.9 Å². The first-order chi connectivity index (χ1) is 11.0. The van der Waals surface area contributed by atoms with Gasteiger partial charge in [-0.3, -0.25) is 4.79 Å². The highest BCUT2D eigenvalue weighted by Gasteiger charge is 2.21. The summed E-state index contributed by atoms with van der Waals surface area (Å²) in [6, 6.07) is 11.8. The van der Waals surface area contributed by atoms with Gasteiger partial charge in [0.1, 0.15) is 11.8 Å². The molecule has 0 bridgehead atoms. The van der Waals surface area contributed by atoms with E-state index in [2.05, 4.69) is 5.32 Å². The Bertz CT molecular complexity index is 681. The van der Waals surface area contributed by atoms with Crippen molar-refractivity contribution in [2.24, 2.45) is 5.73 Å². The molecule has 0 heterocycles. The number of hydrogen-bond acceptors (Lipinski definition) is 4. The van der Waals surface area contributed by atoms with Gasteiger partial charge in [-0.1, -0.05) is 24.3 Å². The van der Waals surface area contributed by atoms with E-state index in [-0.39, 0.29) is 12.2 Å². The van der Waals surface area contributed by atoms with Crippen LogP contribution in [0.1, 0.15) is 21.5 Å². The zero-order valence-electron chi connectivity index (χ0n) is 12.4. The Balaban J connectivity index is 2.07. The van der Waals surface area contributed by atoms with E-state index in [1.807, 2.05) is 0 Å². The van der Waals surface area contributed by atoms with Crippen LogP contribution < -0.4 is 11.1 Å². The summed E-state index contributed by atoms with van der Waals surface area (Å²) in [6.07, 6.45) is 0.127. The maximum absolute atomic E-state index is 12.2. The molecule has 0 unspecified atom stereocenters. The smallest absolute Gasteiger partial charge is 0.326 e. The molecule has 2 aromatic rings. The lowest BCUT2D eigenvalue weighted by Gasteiger charge is -2.15. The van der Waals surface area contributed by atoms with Crippen molar-refractivity contribution in [1.29, 1.82) is 0 Å². The summed E-state index contributed by atoms with van der Waals surface area (Å²) in [6.45, 7) is 0.375. The zero-order chi connectivity index (χ0) is 16.8. The lowest BCUT2D eigenvalue weighted by atomic mass is 10.0. The average Bonchev–Trinajstić information content (AvgIpc) is 2.56. The second-order valence-corrected chi connectivity index (χ2v) is 5.14. The number of phenolic OH excluding ortho intramolecular Hbond substituents is 1. The van der Waals surface area contributed by atoms with Crippen LogP contribution in [0.15, 0.2) is 48.5 Å². The van der Waals surface area contributed by atoms with Crippen LogP contribution in [-0.4, -0.2) is 28.1 Å². The molecular weight excluding hydrogens is 296 g/mol. The summed E-state index contributed by atoms with van der Waals surface area (Å²) in [5.74, 6) is -1.48. The first-order valence-electron chi connectivity index (χ1n) is 7.10. The monoisotopic (exact) mass is 314 g/mol. The number of phenols is 1. The SMILES string of the molecule is NCc1ccc(C(=O)N[C@@H](Cc2ccc(O)cc2)C(=O)O)cc1. The highest BCUT2D eigenvalue weighted by Crippen LogP contribution is 2.12. The fourth-order valence-electron chi connectivity index (χ4n) is 2.10. The molecule has 0 saturated carbocycles. The van der Waals surface area contributed by atoms with Gasteiger partial charge in [0.25, 0.3) is 5.91 Å². The van der Waals surface area contributed by atoms with Crippen LogP contribution in [-0.2, 0) is 17.8 Å². The van der Waals surface area contributed by atoms with E-state index >= 15 is 0 Å². The molecule has 0 fully saturated rings. The molecule has 2 aromatic carbocycles. The van der Waals surface area contributed by atoms with Crippen molar-refractivity contribution in [1.82, 2.24) is 5.32 Å². The zero-order valence-corrected chi connectivity index (χ0v) is 12.4. The Morgan fingerprint density at radius 1 is 1.00 bits per heavy atom. The molecule has 0 aromatic heterocycles. The lowest BCUT2D eigenvalue weighted by molar-refractivity contribution is -0.139. The quantitative estimate of drug-likeness (QED) is 0.641. The number of nitrogens with two attached hydrogens (primary N) is 1. The van der Waals surface area contributed by atoms with Gasteiger partial charge < -0.3 is 21.3 Å². The summed E-state index contributed by atoms with van der Waals surface area (Å²) in [4.78, 5) is 23.5. The molecule has 0 aliphatic heterocycles. The van der Waals surface area contributed by atoms with E-state index in [1.165, 1.54) is 12.1 Å². The Morgan fingerprint density at radius 2 is 1.57 bits per heavy atom. The molecular formula is C17H18N2O4. The Hall–Kier alpha value is -2.86. The number of carbonyl (C=O) groups excluding carboxylic acids is 1. The van der Waals surface area contributed by atoms with Crippen LogP contribution in [0, 0.1) is 0 Å². The van der Waals surface area contributed by atoms with Crippen LogP contribution >= 0.6 is 0 Å². The van der Waals surface area contributed by atoms with Gasteiger partial charge in [0.2, 0.25) is 0 Å². The van der Waals surface area contributed by atoms with Gasteiger partial charge in [-0.25, -0.2) is 4.79 Å². The van der Waals surface area contributed by atoms with Gasteiger partial charge in [-0.05, 0) is 35.4 Å². The second-order valence-electron chi connectivity index (χ2n) is 5.14. The number of carboxylic acids is 1. The molecule has 0 aliphatic carbocycles. The number of amides is 1. The predicted octanol–water partition coefficient (Wildman–Crippen LogP) is 1.28. The largest absolute Gasteiger partial charge is 0.508 e. The van der Waals surface area contributed by atoms with Crippen molar-refractivity contribution in [3.05, 3.63) is 65.2 Å². The number of carbonyl (C=O) groups is 2. The fraction of sp³-hybridized carbons (Fsp3) is 0.176. The van der Waals surface area contributed by atoms with Gasteiger partial charge in [-0.15, -0.1) is 0 Å². The van der Waals surface area contributed by atoms with Crippen LogP contribution in [0.25, 0.3) is 0 Å². The average molecular weight is 314 g/mol. The standard InChI is InChI=1S/C17H18N2O4/c18-10-12-1-5-13(6-2-12)16(21)19-15(17(22)23)9-11-3-7-14(20)8-4-11/h1-8,15,20H,9-10,18H2,(H,19,21)(H,22,23)/t15-/m0/s1. The number of benzene rings is 2. The molecule has 6 heteroatoms. The minimum atomic E-state index is -1.12. The van der Waals surface area contributed by atoms with Gasteiger partial charge in [0.15, 0.2) is 0 Å². The van der Waals surface area contributed by atoms with Crippen molar-refractivity contribution in [3.8, 4) is 5.75 Å². The number of carboxylic acid groups (broad SMARTS) is 1. The Morgan fingerprint density at radius 3 is 2.09 bits per heavy atom. The molecule has 0 saturated heterocycles. The third kappa shape index (κ3) is 4.55. The summed E-state index contributed by atoms with van der Waals surface area (Å²) in [7, 11) is 0. The van der Waals surface area contributed by atoms with Crippen LogP contribution in [0.5, 0.6) is 5.75 Å². The highest BCUT2D eigenvalue weighted by molar-refractivity contribution is 5.96. The lowest BCUT2D eigenvalue weighted by Crippen LogP contribution is -2.42. The Labute approximate surface area is 133 Å². The van der Waals surface area contributed by atoms with E-state index in [1.54, 1.807) is 36.4 Å². The maximum atomic E-state index is 12.2. The van der Waals surface area contributed by atoms with Gasteiger partial charge >= 0.3 is 5.97 Å². The fourth-order valence-corrected chi connectivity index (χ4v) is 2.10. The minimum Gasteiger partial charge on any atom is -0.508 e. The van der Waals surface area contributed by atoms with E-state index in [0.717, 1.165) is 5.56 Å². The van der Waals surface area contributed by atoms with Gasteiger partial charge in [0, 0.05) is 18.5 Å². The summed E-state index contributed by atoms with van der Waals surface area (Å²) < 4.78 is 0. The Kier molecular flexibility index (Phi) is 5.32. The molecule has 23 heavy (non-hydrogen) atoms. The van der Waals surface area contributed by atoms with Crippen molar-refractivity contribution < 1.29 is 19.8 Å². The molecule has 5 N–H and O–H groups in total. The van der Waals surface area contributed by atoms with Crippen LogP contribution in [0.2, 0.25) is 0 Å². The third-order valence-electron chi connectivity index (χ3n) is 3.43. The first kappa shape index (κ1) is 16.5. The number of aromatic hydroxyl groups is 1. The van der Waals surface area contributed by atoms with Gasteiger partial charge in [0.05, 0.1) is 0 Å². The van der Waals surface area contributed by atoms with Gasteiger partial charge in [-0.2, -0.15) is 0 Å². The van der Waals surface area contributed by atoms with Crippen LogP contribution in [0.4, 0.5) is 0 Å². The summed E-state index contributed by atoms with van der Waals surface area (Å²) >= 11 is 0. The number of nitrogens with one attached hydrogen (secondary N) is 1. The maximum Gasteiger partial charge on any atom is 0.326 e. The topological polar surface area (TPSA) is 113 Å². The molecule has 2 rings (SSSR count). The second kappa shape index (κ2) is 7.42. The third-order valence-corrected chi connectivity index (χ3v) is 3.43. The molecule has 120 valence electrons. The normalized spacial score (nSPS) is 11.7. The van der Waals surface area contributed by atoms with Crippen LogP contribution in [0.3, 0.4) is 0 Å². The van der Waals surface area contributed by atoms with E-state index in [9.17, 15) is 19.8 Å². The highest BCUT2D eigenvalue weighted by atomic mass is 16.4. The first-order valence-corrected chi connectivity index (χ1v) is 7.10. The minimum absolute atomic E-state index is 0.102. The molecule has 0 radical (unpaired) electrons. The van der Waals surface area contributed by atoms with Crippen molar-refractivity contribution in [2.75, 3.05) is 0 Å². The number of hydrogen-bond donors (Lipinski definition) is 4. The molecule has 6 nitrogen and oxygen atoms in total. The van der Waals surface area contributed by atoms with Crippen molar-refractivity contribution in [3.63, 3.8) is 0 Å². The molecule has 1 amide bonds. The number of rotatable bonds is 6.